The number of ether oxygens (including phenoxy) is 2. The second-order valence-corrected chi connectivity index (χ2v) is 8.75. The van der Waals surface area contributed by atoms with Crippen molar-refractivity contribution in [2.45, 2.75) is 37.8 Å². The Labute approximate surface area is 214 Å². The van der Waals surface area contributed by atoms with E-state index >= 15 is 0 Å². The molecule has 192 valence electrons. The van der Waals surface area contributed by atoms with Gasteiger partial charge in [0.25, 0.3) is 23.6 Å². The van der Waals surface area contributed by atoms with Gasteiger partial charge in [-0.25, -0.2) is 9.59 Å². The zero-order valence-corrected chi connectivity index (χ0v) is 19.6. The highest BCUT2D eigenvalue weighted by Gasteiger charge is 2.46. The Kier molecular flexibility index (Phi) is 6.15. The summed E-state index contributed by atoms with van der Waals surface area (Å²) < 4.78 is 8.97. The molecule has 0 aromatic heterocycles. The van der Waals surface area contributed by atoms with Crippen LogP contribution in [-0.2, 0) is 28.7 Å². The molecule has 4 amide bonds. The zero-order chi connectivity index (χ0) is 27.1. The maximum atomic E-state index is 12.1. The molecule has 4 aliphatic rings. The zero-order valence-electron chi connectivity index (χ0n) is 19.6. The molecule has 0 unspecified atom stereocenters. The number of rotatable bonds is 2. The van der Waals surface area contributed by atoms with Crippen LogP contribution in [0.4, 0.5) is 0 Å². The van der Waals surface area contributed by atoms with Gasteiger partial charge in [-0.2, -0.15) is 0 Å². The first-order chi connectivity index (χ1) is 18.2. The van der Waals surface area contributed by atoms with Gasteiger partial charge in [0.05, 0.1) is 22.3 Å². The summed E-state index contributed by atoms with van der Waals surface area (Å²) in [6.07, 6.45) is 0.264. The molecule has 12 heteroatoms. The van der Waals surface area contributed by atoms with Crippen LogP contribution >= 0.6 is 0 Å². The molecule has 0 N–H and O–H groups in total. The summed E-state index contributed by atoms with van der Waals surface area (Å²) in [7, 11) is 0. The monoisotopic (exact) mass is 518 g/mol. The van der Waals surface area contributed by atoms with Crippen molar-refractivity contribution in [2.24, 2.45) is 0 Å². The number of amides is 4. The van der Waals surface area contributed by atoms with Gasteiger partial charge >= 0.3 is 23.9 Å². The van der Waals surface area contributed by atoms with E-state index in [9.17, 15) is 38.4 Å². The number of imide groups is 2. The molecule has 0 saturated carbocycles. The lowest BCUT2D eigenvalue weighted by molar-refractivity contribution is -0.168. The molecular formula is C26H18N2O10. The van der Waals surface area contributed by atoms with Crippen molar-refractivity contribution in [1.82, 2.24) is 9.80 Å². The first kappa shape index (κ1) is 24.7. The summed E-state index contributed by atoms with van der Waals surface area (Å²) >= 11 is 0. The fourth-order valence-corrected chi connectivity index (χ4v) is 4.66. The van der Waals surface area contributed by atoms with Crippen LogP contribution in [0.15, 0.2) is 48.5 Å². The van der Waals surface area contributed by atoms with E-state index in [0.717, 1.165) is 9.80 Å². The lowest BCUT2D eigenvalue weighted by Gasteiger charge is -2.26. The molecule has 2 saturated heterocycles. The van der Waals surface area contributed by atoms with Crippen molar-refractivity contribution in [3.8, 4) is 0 Å². The van der Waals surface area contributed by atoms with Gasteiger partial charge in [0.1, 0.15) is 12.1 Å². The van der Waals surface area contributed by atoms with Crippen LogP contribution in [0.3, 0.4) is 0 Å². The predicted molar refractivity (Wildman–Crippen MR) is 122 cm³/mol. The van der Waals surface area contributed by atoms with Crippen molar-refractivity contribution in [1.29, 1.82) is 0 Å². The van der Waals surface area contributed by atoms with Gasteiger partial charge in [0, 0.05) is 12.8 Å². The van der Waals surface area contributed by atoms with E-state index in [2.05, 4.69) is 9.47 Å². The van der Waals surface area contributed by atoms with E-state index in [1.165, 1.54) is 24.3 Å². The van der Waals surface area contributed by atoms with E-state index in [1.807, 2.05) is 0 Å². The van der Waals surface area contributed by atoms with Crippen LogP contribution in [0, 0.1) is 0 Å². The van der Waals surface area contributed by atoms with E-state index in [1.54, 1.807) is 24.3 Å². The standard InChI is InChI=1S/2C13H9NO5/c2*15-10-6-5-9(13(18)19-10)14-11(16)7-3-1-2-4-8(7)12(14)17/h2*1-4,9H,5-6H2/t2*9-/m00/s1. The van der Waals surface area contributed by atoms with Gasteiger partial charge in [-0.15, -0.1) is 0 Å². The summed E-state index contributed by atoms with van der Waals surface area (Å²) in [5.74, 6) is -5.00. The first-order valence-electron chi connectivity index (χ1n) is 11.6. The van der Waals surface area contributed by atoms with Crippen LogP contribution in [0.25, 0.3) is 0 Å². The summed E-state index contributed by atoms with van der Waals surface area (Å²) in [5.41, 5.74) is 1.10. The van der Waals surface area contributed by atoms with Gasteiger partial charge in [-0.05, 0) is 37.1 Å². The fraction of sp³-hybridized carbons (Fsp3) is 0.231. The van der Waals surface area contributed by atoms with E-state index in [4.69, 9.17) is 0 Å². The second-order valence-electron chi connectivity index (χ2n) is 8.75. The normalized spacial score (nSPS) is 22.5. The Morgan fingerprint density at radius 3 is 1.05 bits per heavy atom. The number of carbonyl (C=O) groups excluding carboxylic acids is 8. The van der Waals surface area contributed by atoms with Crippen LogP contribution in [0.2, 0.25) is 0 Å². The largest absolute Gasteiger partial charge is 0.392 e. The van der Waals surface area contributed by atoms with Gasteiger partial charge in [0.2, 0.25) is 0 Å². The number of hydrogen-bond acceptors (Lipinski definition) is 10. The lowest BCUT2D eigenvalue weighted by Crippen LogP contribution is -2.48. The number of benzene rings is 2. The molecule has 4 aliphatic heterocycles. The molecule has 2 aromatic carbocycles. The molecule has 2 atom stereocenters. The number of carbonyl (C=O) groups is 8. The smallest absolute Gasteiger partial charge is 0.337 e. The Balaban J connectivity index is 0.000000155. The summed E-state index contributed by atoms with van der Waals surface area (Å²) in [5, 5.41) is 0. The predicted octanol–water partition coefficient (Wildman–Crippen LogP) is 1.03. The van der Waals surface area contributed by atoms with E-state index in [-0.39, 0.29) is 47.9 Å². The Bertz CT molecular complexity index is 1280. The molecular weight excluding hydrogens is 500 g/mol. The molecule has 6 rings (SSSR count). The van der Waals surface area contributed by atoms with E-state index < -0.39 is 59.6 Å². The van der Waals surface area contributed by atoms with Crippen LogP contribution in [-0.4, -0.2) is 69.4 Å². The highest BCUT2D eigenvalue weighted by Crippen LogP contribution is 2.29. The third-order valence-corrected chi connectivity index (χ3v) is 6.49. The third-order valence-electron chi connectivity index (χ3n) is 6.49. The molecule has 38 heavy (non-hydrogen) atoms. The molecule has 0 aliphatic carbocycles. The van der Waals surface area contributed by atoms with Crippen LogP contribution in [0.1, 0.15) is 67.1 Å². The maximum Gasteiger partial charge on any atom is 0.337 e. The average molecular weight is 518 g/mol. The number of hydrogen-bond donors (Lipinski definition) is 0. The summed E-state index contributed by atoms with van der Waals surface area (Å²) in [4.78, 5) is 95.6. The number of nitrogens with zero attached hydrogens (tertiary/aromatic N) is 2. The van der Waals surface area contributed by atoms with Crippen molar-refractivity contribution in [3.63, 3.8) is 0 Å². The molecule has 2 aromatic rings. The van der Waals surface area contributed by atoms with Crippen molar-refractivity contribution in [2.75, 3.05) is 0 Å². The van der Waals surface area contributed by atoms with Crippen molar-refractivity contribution in [3.05, 3.63) is 70.8 Å². The van der Waals surface area contributed by atoms with Gasteiger partial charge in [0.15, 0.2) is 0 Å². The minimum atomic E-state index is -1.01. The van der Waals surface area contributed by atoms with E-state index in [0.29, 0.717) is 0 Å². The second kappa shape index (κ2) is 9.47. The van der Waals surface area contributed by atoms with Crippen LogP contribution in [0.5, 0.6) is 0 Å². The number of fused-ring (bicyclic) bond motifs is 2. The van der Waals surface area contributed by atoms with Crippen molar-refractivity contribution >= 4 is 47.5 Å². The molecule has 4 heterocycles. The lowest BCUT2D eigenvalue weighted by atomic mass is 10.1. The number of cyclic esters (lactones) is 4. The van der Waals surface area contributed by atoms with Crippen LogP contribution < -0.4 is 0 Å². The van der Waals surface area contributed by atoms with Gasteiger partial charge in [-0.3, -0.25) is 38.6 Å². The third kappa shape index (κ3) is 4.05. The Morgan fingerprint density at radius 1 is 0.500 bits per heavy atom. The SMILES string of the molecule is O=C1CC[C@H](N2C(=O)c3ccccc3C2=O)C(=O)O1.O=C1CC[C@H](N2C(=O)c3ccccc3C2=O)C(=O)O1. The minimum Gasteiger partial charge on any atom is -0.392 e. The van der Waals surface area contributed by atoms with Crippen molar-refractivity contribution < 1.29 is 47.8 Å². The molecule has 2 fully saturated rings. The summed E-state index contributed by atoms with van der Waals surface area (Å²) in [6.45, 7) is 0. The summed E-state index contributed by atoms with van der Waals surface area (Å²) in [6, 6.07) is 10.7. The molecule has 0 bridgehead atoms. The maximum absolute atomic E-state index is 12.1. The molecule has 0 spiro atoms. The minimum absolute atomic E-state index is 0.0177. The molecule has 0 radical (unpaired) electrons. The topological polar surface area (TPSA) is 162 Å². The first-order valence-corrected chi connectivity index (χ1v) is 11.6. The highest BCUT2D eigenvalue weighted by atomic mass is 16.6. The van der Waals surface area contributed by atoms with Gasteiger partial charge < -0.3 is 9.47 Å². The fourth-order valence-electron chi connectivity index (χ4n) is 4.66. The highest BCUT2D eigenvalue weighted by molar-refractivity contribution is 6.23. The molecule has 12 nitrogen and oxygen atoms in total. The van der Waals surface area contributed by atoms with Gasteiger partial charge in [-0.1, -0.05) is 24.3 Å². The Morgan fingerprint density at radius 2 is 0.789 bits per heavy atom. The Hall–Kier alpha value is -5.00. The average Bonchev–Trinajstić information content (AvgIpc) is 3.30. The quantitative estimate of drug-likeness (QED) is 0.319. The number of esters is 4.